The van der Waals surface area contributed by atoms with Crippen LogP contribution in [0.15, 0.2) is 120 Å². The third-order valence-electron chi connectivity index (χ3n) is 15.6. The normalized spacial score (nSPS) is 18.9. The van der Waals surface area contributed by atoms with Crippen molar-refractivity contribution in [2.75, 3.05) is 49.1 Å². The number of aromatic nitrogens is 2. The minimum Gasteiger partial charge on any atom is -0.370 e. The third-order valence-corrected chi connectivity index (χ3v) is 15.6. The van der Waals surface area contributed by atoms with Crippen LogP contribution in [-0.4, -0.2) is 119 Å². The van der Waals surface area contributed by atoms with Gasteiger partial charge in [0.15, 0.2) is 0 Å². The molecular weight excluding hydrogens is 987 g/mol. The number of nitrogens with one attached hydrogen (secondary N) is 4. The number of hydrogen-bond donors (Lipinski definition) is 6. The van der Waals surface area contributed by atoms with E-state index in [1.807, 2.05) is 90.1 Å². The number of fused-ring (bicyclic) bond motifs is 2. The van der Waals surface area contributed by atoms with Crippen molar-refractivity contribution in [3.05, 3.63) is 137 Å². The Morgan fingerprint density at radius 3 is 2.10 bits per heavy atom. The summed E-state index contributed by atoms with van der Waals surface area (Å²) in [5, 5.41) is 11.1. The van der Waals surface area contributed by atoms with Gasteiger partial charge in [-0.2, -0.15) is 0 Å². The van der Waals surface area contributed by atoms with E-state index in [2.05, 4.69) is 43.0 Å². The summed E-state index contributed by atoms with van der Waals surface area (Å²) in [7, 11) is 0. The average molecular weight is 1060 g/mol. The number of primary amides is 1. The lowest BCUT2D eigenvalue weighted by molar-refractivity contribution is -0.143. The Morgan fingerprint density at radius 1 is 0.731 bits per heavy atom. The molecule has 0 spiro atoms. The molecule has 0 radical (unpaired) electrons. The number of H-pyrrole nitrogens is 1. The lowest BCUT2D eigenvalue weighted by Gasteiger charge is -2.37. The highest BCUT2D eigenvalue weighted by Crippen LogP contribution is 2.32. The Labute approximate surface area is 457 Å². The number of nitrogens with zero attached hydrogens (tertiary/aromatic N) is 5. The molecule has 18 heteroatoms. The van der Waals surface area contributed by atoms with Crippen LogP contribution >= 0.6 is 0 Å². The molecule has 3 fully saturated rings. The summed E-state index contributed by atoms with van der Waals surface area (Å²) in [4.78, 5) is 108. The molecule has 7 amide bonds. The number of piperidine rings is 1. The van der Waals surface area contributed by atoms with Crippen molar-refractivity contribution in [2.24, 2.45) is 17.4 Å². The lowest BCUT2D eigenvalue weighted by atomic mass is 9.95. The van der Waals surface area contributed by atoms with Gasteiger partial charge in [0.2, 0.25) is 35.1 Å². The largest absolute Gasteiger partial charge is 0.370 e. The van der Waals surface area contributed by atoms with Gasteiger partial charge in [0, 0.05) is 81.0 Å². The quantitative estimate of drug-likeness (QED) is 0.0369. The van der Waals surface area contributed by atoms with Gasteiger partial charge < -0.3 is 52.0 Å². The van der Waals surface area contributed by atoms with E-state index >= 15 is 0 Å². The second kappa shape index (κ2) is 28.1. The molecule has 414 valence electrons. The van der Waals surface area contributed by atoms with E-state index in [1.54, 1.807) is 22.1 Å². The fourth-order valence-corrected chi connectivity index (χ4v) is 11.4. The van der Waals surface area contributed by atoms with Crippen LogP contribution in [0.25, 0.3) is 10.8 Å². The number of anilines is 2. The highest BCUT2D eigenvalue weighted by Gasteiger charge is 2.45. The van der Waals surface area contributed by atoms with Crippen LogP contribution in [0.5, 0.6) is 0 Å². The van der Waals surface area contributed by atoms with Crippen molar-refractivity contribution in [2.45, 2.75) is 133 Å². The maximum absolute atomic E-state index is 14.2. The zero-order valence-corrected chi connectivity index (χ0v) is 44.7. The molecule has 3 aromatic carbocycles. The molecule has 0 aliphatic carbocycles. The first kappa shape index (κ1) is 56.6. The SMILES string of the molecule is NC(=O)CC[C@H](NC(=O)[C@@H]1CC[C@@H]2CCN(C(=O)NCCCCCCCCCCCN(C(=O)[C@H]3CCCN(c4cncc5ccccc45)C3)c3ccc(=O)[nH]c3)C[C@H](N)C(=O)N21)C(=O)NC(c1ccccc1)c1ccccc1. The first-order valence-corrected chi connectivity index (χ1v) is 28.1. The molecule has 5 aromatic rings. The number of amides is 7. The van der Waals surface area contributed by atoms with Crippen LogP contribution in [0.3, 0.4) is 0 Å². The van der Waals surface area contributed by atoms with E-state index in [0.29, 0.717) is 51.1 Å². The molecule has 0 unspecified atom stereocenters. The zero-order valence-electron chi connectivity index (χ0n) is 44.7. The molecule has 5 atom stereocenters. The Bertz CT molecular complexity index is 2800. The number of pyridine rings is 2. The van der Waals surface area contributed by atoms with E-state index in [-0.39, 0.29) is 48.8 Å². The Morgan fingerprint density at radius 2 is 1.41 bits per heavy atom. The molecule has 8 N–H and O–H groups in total. The predicted octanol–water partition coefficient (Wildman–Crippen LogP) is 6.44. The summed E-state index contributed by atoms with van der Waals surface area (Å²) in [6, 6.07) is 26.2. The number of carbonyl (C=O) groups is 6. The van der Waals surface area contributed by atoms with E-state index in [9.17, 15) is 33.6 Å². The maximum atomic E-state index is 14.2. The lowest BCUT2D eigenvalue weighted by Crippen LogP contribution is -2.61. The summed E-state index contributed by atoms with van der Waals surface area (Å²) in [5.74, 6) is -2.13. The molecule has 3 aliphatic rings. The topological polar surface area (TPSA) is 249 Å². The van der Waals surface area contributed by atoms with Crippen LogP contribution in [0, 0.1) is 5.92 Å². The van der Waals surface area contributed by atoms with Gasteiger partial charge in [-0.05, 0) is 68.6 Å². The summed E-state index contributed by atoms with van der Waals surface area (Å²) in [6.45, 7) is 2.92. The smallest absolute Gasteiger partial charge is 0.317 e. The molecule has 0 bridgehead atoms. The van der Waals surface area contributed by atoms with Gasteiger partial charge in [-0.3, -0.25) is 33.8 Å². The monoisotopic (exact) mass is 1060 g/mol. The second-order valence-corrected chi connectivity index (χ2v) is 21.1. The van der Waals surface area contributed by atoms with E-state index in [4.69, 9.17) is 11.5 Å². The molecule has 18 nitrogen and oxygen atoms in total. The van der Waals surface area contributed by atoms with Gasteiger partial charge in [0.05, 0.1) is 29.5 Å². The number of benzene rings is 3. The van der Waals surface area contributed by atoms with E-state index < -0.39 is 47.8 Å². The molecule has 2 aromatic heterocycles. The van der Waals surface area contributed by atoms with Gasteiger partial charge in [0.1, 0.15) is 18.1 Å². The summed E-state index contributed by atoms with van der Waals surface area (Å²) in [5.41, 5.74) is 15.2. The minimum atomic E-state index is -1.10. The van der Waals surface area contributed by atoms with Crippen LogP contribution < -0.4 is 42.8 Å². The average Bonchev–Trinajstić information content (AvgIpc) is 3.95. The van der Waals surface area contributed by atoms with Crippen LogP contribution in [-0.2, 0) is 24.0 Å². The first-order valence-electron chi connectivity index (χ1n) is 28.1. The van der Waals surface area contributed by atoms with Crippen molar-refractivity contribution in [1.82, 2.24) is 35.7 Å². The van der Waals surface area contributed by atoms with E-state index in [1.165, 1.54) is 6.07 Å². The number of nitrogens with two attached hydrogens (primary N) is 2. The van der Waals surface area contributed by atoms with Crippen LogP contribution in [0.2, 0.25) is 0 Å². The Hall–Kier alpha value is -7.60. The maximum Gasteiger partial charge on any atom is 0.317 e. The summed E-state index contributed by atoms with van der Waals surface area (Å²) >= 11 is 0. The molecule has 5 heterocycles. The van der Waals surface area contributed by atoms with Gasteiger partial charge in [-0.25, -0.2) is 4.79 Å². The van der Waals surface area contributed by atoms with Crippen molar-refractivity contribution in [1.29, 1.82) is 0 Å². The van der Waals surface area contributed by atoms with E-state index in [0.717, 1.165) is 105 Å². The van der Waals surface area contributed by atoms with Crippen molar-refractivity contribution in [3.8, 4) is 0 Å². The molecule has 3 saturated heterocycles. The molecule has 78 heavy (non-hydrogen) atoms. The number of rotatable bonds is 24. The summed E-state index contributed by atoms with van der Waals surface area (Å²) < 4.78 is 0. The van der Waals surface area contributed by atoms with Gasteiger partial charge in [0.25, 0.3) is 0 Å². The fraction of sp³-hybridized carbons (Fsp3) is 0.467. The molecule has 8 rings (SSSR count). The Kier molecular flexibility index (Phi) is 20.4. The number of urea groups is 1. The molecule has 3 aliphatic heterocycles. The second-order valence-electron chi connectivity index (χ2n) is 21.1. The van der Waals surface area contributed by atoms with Gasteiger partial charge in [-0.15, -0.1) is 0 Å². The number of aromatic amines is 1. The van der Waals surface area contributed by atoms with Crippen molar-refractivity contribution >= 4 is 57.7 Å². The molecule has 0 saturated carbocycles. The minimum absolute atomic E-state index is 0.00236. The van der Waals surface area contributed by atoms with Crippen LogP contribution in [0.4, 0.5) is 16.2 Å². The highest BCUT2D eigenvalue weighted by molar-refractivity contribution is 5.97. The standard InChI is InChI=1S/C60H77N11O7/c61-49-41-69(36-32-46-26-29-51(71(46)59(49)77)57(75)66-50(28-30-53(62)72)56(74)67-55(42-19-10-8-11-20-42)43-21-12-9-13-22-43)60(78)64-33-16-6-4-2-1-3-5-7-17-35-70(47-27-31-54(73)65-38-47)58(76)45-24-18-34-68(40-45)52-39-63-37-44-23-14-15-25-48(44)52/h8-15,19-23,25,27,31,37-39,45-46,49-51,55H,1-7,16-18,24,26,28-30,32-36,40-41,61H2,(H2,62,72)(H,64,78)(H,65,73)(H,66,75)(H,67,74)/t45-,46+,49-,50-,51-/m0/s1. The highest BCUT2D eigenvalue weighted by atomic mass is 16.2. The number of carbonyl (C=O) groups excluding carboxylic acids is 6. The van der Waals surface area contributed by atoms with Crippen molar-refractivity contribution in [3.63, 3.8) is 0 Å². The predicted molar refractivity (Wildman–Crippen MR) is 302 cm³/mol. The Balaban J connectivity index is 0.729. The van der Waals surface area contributed by atoms with Gasteiger partial charge >= 0.3 is 6.03 Å². The zero-order chi connectivity index (χ0) is 54.8. The first-order chi connectivity index (χ1) is 37.9. The number of hydrogen-bond acceptors (Lipinski definition) is 10. The van der Waals surface area contributed by atoms with Crippen LogP contribution in [0.1, 0.15) is 120 Å². The molecular formula is C60H77N11O7. The fourth-order valence-electron chi connectivity index (χ4n) is 11.4. The third kappa shape index (κ3) is 15.1. The number of unbranched alkanes of at least 4 members (excludes halogenated alkanes) is 8. The van der Waals surface area contributed by atoms with Crippen molar-refractivity contribution < 1.29 is 28.8 Å². The summed E-state index contributed by atoms with van der Waals surface area (Å²) in [6.07, 6.45) is 17.3. The van der Waals surface area contributed by atoms with Gasteiger partial charge in [-0.1, -0.05) is 130 Å².